The van der Waals surface area contributed by atoms with Crippen LogP contribution in [0.1, 0.15) is 6.42 Å². The van der Waals surface area contributed by atoms with E-state index >= 15 is 0 Å². The molecule has 0 spiro atoms. The summed E-state index contributed by atoms with van der Waals surface area (Å²) in [5, 5.41) is 0. The lowest BCUT2D eigenvalue weighted by Crippen LogP contribution is -2.11. The molecule has 0 N–H and O–H groups in total. The van der Waals surface area contributed by atoms with E-state index in [0.29, 0.717) is 6.42 Å². The van der Waals surface area contributed by atoms with Crippen molar-refractivity contribution in [3.63, 3.8) is 0 Å². The minimum absolute atomic E-state index is 0.126. The minimum Gasteiger partial charge on any atom is -0.361 e. The van der Waals surface area contributed by atoms with Crippen molar-refractivity contribution in [2.45, 2.75) is 12.5 Å². The van der Waals surface area contributed by atoms with E-state index in [9.17, 15) is 8.42 Å². The van der Waals surface area contributed by atoms with Crippen LogP contribution in [0.4, 0.5) is 0 Å². The quantitative estimate of drug-likeness (QED) is 0.588. The molecule has 3 nitrogen and oxygen atoms in total. The molecule has 1 atom stereocenters. The van der Waals surface area contributed by atoms with Crippen LogP contribution in [0.25, 0.3) is 0 Å². The molecule has 4 heteroatoms. The second-order valence-corrected chi connectivity index (χ2v) is 4.55. The maximum Gasteiger partial charge on any atom is 0.176 e. The first kappa shape index (κ1) is 8.74. The Morgan fingerprint density at radius 2 is 2.36 bits per heavy atom. The summed E-state index contributed by atoms with van der Waals surface area (Å²) >= 11 is 0. The van der Waals surface area contributed by atoms with Gasteiger partial charge in [-0.25, -0.2) is 8.42 Å². The van der Waals surface area contributed by atoms with E-state index in [1.165, 1.54) is 0 Å². The molecule has 0 aromatic carbocycles. The Morgan fingerprint density at radius 1 is 1.64 bits per heavy atom. The molecule has 0 aromatic heterocycles. The fraction of sp³-hybridized carbons (Fsp3) is 0.571. The Labute approximate surface area is 67.0 Å². The summed E-state index contributed by atoms with van der Waals surface area (Å²) in [6.07, 6.45) is 4.00. The molecule has 0 bridgehead atoms. The predicted octanol–water partition coefficient (Wildman–Crippen LogP) is 0.538. The molecule has 11 heavy (non-hydrogen) atoms. The lowest BCUT2D eigenvalue weighted by Gasteiger charge is -2.02. The van der Waals surface area contributed by atoms with E-state index in [-0.39, 0.29) is 17.8 Å². The molecule has 1 aliphatic rings. The topological polar surface area (TPSA) is 43.4 Å². The van der Waals surface area contributed by atoms with Gasteiger partial charge >= 0.3 is 0 Å². The molecule has 1 rings (SSSR count). The molecule has 0 amide bonds. The SMILES string of the molecule is C=CC[CH]C1CS(=O)(=O)CO1. The maximum atomic E-state index is 10.8. The highest BCUT2D eigenvalue weighted by Crippen LogP contribution is 2.13. The Morgan fingerprint density at radius 3 is 2.82 bits per heavy atom. The van der Waals surface area contributed by atoms with Crippen LogP contribution < -0.4 is 0 Å². The summed E-state index contributed by atoms with van der Waals surface area (Å²) in [6.45, 7) is 3.52. The molecule has 1 aliphatic heterocycles. The number of rotatable bonds is 3. The van der Waals surface area contributed by atoms with Crippen LogP contribution in [-0.2, 0) is 14.6 Å². The Kier molecular flexibility index (Phi) is 2.67. The fourth-order valence-electron chi connectivity index (χ4n) is 0.922. The molecule has 1 fully saturated rings. The van der Waals surface area contributed by atoms with Crippen molar-refractivity contribution in [3.05, 3.63) is 19.1 Å². The molecule has 0 aliphatic carbocycles. The van der Waals surface area contributed by atoms with E-state index in [1.54, 1.807) is 6.08 Å². The van der Waals surface area contributed by atoms with Crippen LogP contribution in [0.5, 0.6) is 0 Å². The van der Waals surface area contributed by atoms with Gasteiger partial charge in [-0.3, -0.25) is 0 Å². The van der Waals surface area contributed by atoms with E-state index < -0.39 is 9.84 Å². The van der Waals surface area contributed by atoms with Gasteiger partial charge in [0.15, 0.2) is 9.84 Å². The lowest BCUT2D eigenvalue weighted by molar-refractivity contribution is 0.146. The van der Waals surface area contributed by atoms with Crippen LogP contribution in [-0.4, -0.2) is 26.2 Å². The van der Waals surface area contributed by atoms with Gasteiger partial charge in [-0.1, -0.05) is 6.08 Å². The molecule has 1 unspecified atom stereocenters. The van der Waals surface area contributed by atoms with Crippen LogP contribution >= 0.6 is 0 Å². The van der Waals surface area contributed by atoms with Crippen LogP contribution in [0.3, 0.4) is 0 Å². The predicted molar refractivity (Wildman–Crippen MR) is 42.6 cm³/mol. The highest BCUT2D eigenvalue weighted by Gasteiger charge is 2.27. The van der Waals surface area contributed by atoms with Crippen molar-refractivity contribution >= 4 is 9.84 Å². The van der Waals surface area contributed by atoms with Gasteiger partial charge in [0.25, 0.3) is 0 Å². The smallest absolute Gasteiger partial charge is 0.176 e. The Bertz CT molecular complexity index is 230. The van der Waals surface area contributed by atoms with Crippen LogP contribution in [0, 0.1) is 6.42 Å². The molecule has 63 valence electrons. The second-order valence-electron chi connectivity index (χ2n) is 2.49. The normalized spacial score (nSPS) is 28.5. The fourth-order valence-corrected chi connectivity index (χ4v) is 2.13. The number of allylic oxidation sites excluding steroid dienone is 1. The average molecular weight is 175 g/mol. The molecule has 1 radical (unpaired) electrons. The number of hydrogen-bond donors (Lipinski definition) is 0. The zero-order valence-corrected chi connectivity index (χ0v) is 7.01. The third-order valence-corrected chi connectivity index (χ3v) is 2.78. The third kappa shape index (κ3) is 2.63. The summed E-state index contributed by atoms with van der Waals surface area (Å²) in [5.74, 6) is -0.00779. The number of hydrogen-bond acceptors (Lipinski definition) is 3. The monoisotopic (exact) mass is 175 g/mol. The van der Waals surface area contributed by atoms with Gasteiger partial charge in [0.2, 0.25) is 0 Å². The van der Waals surface area contributed by atoms with Crippen molar-refractivity contribution in [1.29, 1.82) is 0 Å². The summed E-state index contributed by atoms with van der Waals surface area (Å²) < 4.78 is 26.6. The van der Waals surface area contributed by atoms with E-state index in [1.807, 2.05) is 6.42 Å². The van der Waals surface area contributed by atoms with E-state index in [0.717, 1.165) is 0 Å². The zero-order valence-electron chi connectivity index (χ0n) is 6.19. The third-order valence-electron chi connectivity index (χ3n) is 1.45. The molecule has 0 saturated carbocycles. The number of sulfone groups is 1. The van der Waals surface area contributed by atoms with Crippen molar-refractivity contribution in [1.82, 2.24) is 0 Å². The lowest BCUT2D eigenvalue weighted by atomic mass is 10.2. The Balaban J connectivity index is 2.36. The average Bonchev–Trinajstić information content (AvgIpc) is 2.26. The van der Waals surface area contributed by atoms with Crippen molar-refractivity contribution in [2.24, 2.45) is 0 Å². The first-order valence-electron chi connectivity index (χ1n) is 3.40. The molecular formula is C7H11O3S. The van der Waals surface area contributed by atoms with Crippen LogP contribution in [0.15, 0.2) is 12.7 Å². The van der Waals surface area contributed by atoms with Gasteiger partial charge in [-0.05, 0) is 12.8 Å². The van der Waals surface area contributed by atoms with E-state index in [4.69, 9.17) is 4.74 Å². The first-order valence-corrected chi connectivity index (χ1v) is 5.22. The molecule has 0 aromatic rings. The largest absolute Gasteiger partial charge is 0.361 e. The van der Waals surface area contributed by atoms with Crippen molar-refractivity contribution in [3.8, 4) is 0 Å². The maximum absolute atomic E-state index is 10.8. The Hall–Kier alpha value is -0.350. The second kappa shape index (κ2) is 3.36. The standard InChI is InChI=1S/C7H11O3S/c1-2-3-4-7-5-11(8,9)6-10-7/h2,4,7H,1,3,5-6H2. The van der Waals surface area contributed by atoms with Gasteiger partial charge in [-0.15, -0.1) is 6.58 Å². The van der Waals surface area contributed by atoms with Gasteiger partial charge in [0.1, 0.15) is 5.94 Å². The van der Waals surface area contributed by atoms with Crippen molar-refractivity contribution in [2.75, 3.05) is 11.7 Å². The summed E-state index contributed by atoms with van der Waals surface area (Å²) in [5.41, 5.74) is 0. The molecule has 1 heterocycles. The summed E-state index contributed by atoms with van der Waals surface area (Å²) in [7, 11) is -2.91. The first-order chi connectivity index (χ1) is 5.14. The van der Waals surface area contributed by atoms with Gasteiger partial charge < -0.3 is 4.74 Å². The van der Waals surface area contributed by atoms with Gasteiger partial charge in [-0.2, -0.15) is 0 Å². The molecular weight excluding hydrogens is 164 g/mol. The summed E-state index contributed by atoms with van der Waals surface area (Å²) in [6, 6.07) is 0. The van der Waals surface area contributed by atoms with Gasteiger partial charge in [0, 0.05) is 0 Å². The highest BCUT2D eigenvalue weighted by molar-refractivity contribution is 7.91. The highest BCUT2D eigenvalue weighted by atomic mass is 32.2. The van der Waals surface area contributed by atoms with Crippen molar-refractivity contribution < 1.29 is 13.2 Å². The van der Waals surface area contributed by atoms with E-state index in [2.05, 4.69) is 6.58 Å². The summed E-state index contributed by atoms with van der Waals surface area (Å²) in [4.78, 5) is 0. The zero-order chi connectivity index (χ0) is 8.32. The minimum atomic E-state index is -2.91. The van der Waals surface area contributed by atoms with Gasteiger partial charge in [0.05, 0.1) is 11.9 Å². The number of ether oxygens (including phenoxy) is 1. The molecule has 1 saturated heterocycles. The van der Waals surface area contributed by atoms with Crippen LogP contribution in [0.2, 0.25) is 0 Å².